The molecule has 1 aromatic heterocycles. The monoisotopic (exact) mass is 376 g/mol. The number of carbonyl (C=O) groups excluding carboxylic acids is 2. The molecule has 0 radical (unpaired) electrons. The third-order valence-electron chi connectivity index (χ3n) is 5.08. The van der Waals surface area contributed by atoms with Crippen LogP contribution in [-0.2, 0) is 4.74 Å². The number of amides is 2. The number of aromatic nitrogens is 2. The summed E-state index contributed by atoms with van der Waals surface area (Å²) in [6.45, 7) is 11.1. The summed E-state index contributed by atoms with van der Waals surface area (Å²) in [5.41, 5.74) is 0.522. The van der Waals surface area contributed by atoms with E-state index in [9.17, 15) is 9.59 Å². The van der Waals surface area contributed by atoms with Crippen LogP contribution in [0, 0.1) is 0 Å². The van der Waals surface area contributed by atoms with Crippen LogP contribution in [0.5, 0.6) is 0 Å². The number of hydrogen-bond acceptors (Lipinski definition) is 7. The molecular formula is C18H28N6O3. The van der Waals surface area contributed by atoms with Crippen LogP contribution >= 0.6 is 0 Å². The van der Waals surface area contributed by atoms with Crippen molar-refractivity contribution in [2.45, 2.75) is 13.8 Å². The van der Waals surface area contributed by atoms with Gasteiger partial charge in [-0.05, 0) is 13.5 Å². The van der Waals surface area contributed by atoms with Gasteiger partial charge in [0.1, 0.15) is 0 Å². The summed E-state index contributed by atoms with van der Waals surface area (Å²) in [6, 6.07) is 0. The predicted octanol–water partition coefficient (Wildman–Crippen LogP) is 0.533. The fourth-order valence-electron chi connectivity index (χ4n) is 3.35. The first-order valence-corrected chi connectivity index (χ1v) is 9.62. The van der Waals surface area contributed by atoms with Crippen LogP contribution in [0.15, 0.2) is 12.4 Å². The Morgan fingerprint density at radius 3 is 2.07 bits per heavy atom. The minimum absolute atomic E-state index is 0.00978. The molecule has 0 aliphatic carbocycles. The molecule has 0 aromatic carbocycles. The summed E-state index contributed by atoms with van der Waals surface area (Å²) in [7, 11) is 0. The Bertz CT molecular complexity index is 637. The lowest BCUT2D eigenvalue weighted by Gasteiger charge is -2.34. The molecule has 2 aliphatic rings. The average molecular weight is 376 g/mol. The first-order chi connectivity index (χ1) is 13.1. The molecule has 0 bridgehead atoms. The second kappa shape index (κ2) is 8.98. The van der Waals surface area contributed by atoms with E-state index in [1.54, 1.807) is 24.2 Å². The van der Waals surface area contributed by atoms with E-state index in [2.05, 4.69) is 21.8 Å². The van der Waals surface area contributed by atoms with Crippen LogP contribution in [0.25, 0.3) is 0 Å². The van der Waals surface area contributed by atoms with Gasteiger partial charge < -0.3 is 24.3 Å². The molecule has 3 heterocycles. The second-order valence-corrected chi connectivity index (χ2v) is 6.67. The molecule has 9 heteroatoms. The van der Waals surface area contributed by atoms with Crippen molar-refractivity contribution in [3.05, 3.63) is 18.0 Å². The van der Waals surface area contributed by atoms with Crippen LogP contribution in [-0.4, -0.2) is 102 Å². The van der Waals surface area contributed by atoms with E-state index in [0.717, 1.165) is 32.7 Å². The Morgan fingerprint density at radius 2 is 1.52 bits per heavy atom. The molecule has 0 unspecified atom stereocenters. The van der Waals surface area contributed by atoms with E-state index in [1.165, 1.54) is 0 Å². The standard InChI is InChI=1S/C18H28N6O3/c1-3-21-5-7-22(8-6-21)16(25)15-13-19-17(20-14-15)23-9-11-24(12-10-23)18(26)27-4-2/h13-14H,3-12H2,1-2H3. The lowest BCUT2D eigenvalue weighted by molar-refractivity contribution is 0.0642. The lowest BCUT2D eigenvalue weighted by atomic mass is 10.2. The minimum Gasteiger partial charge on any atom is -0.450 e. The number of piperazine rings is 2. The van der Waals surface area contributed by atoms with E-state index < -0.39 is 0 Å². The summed E-state index contributed by atoms with van der Waals surface area (Å²) in [5.74, 6) is 0.579. The van der Waals surface area contributed by atoms with E-state index >= 15 is 0 Å². The summed E-state index contributed by atoms with van der Waals surface area (Å²) < 4.78 is 5.03. The molecule has 0 atom stereocenters. The molecule has 2 amide bonds. The number of likely N-dealkylation sites (N-methyl/N-ethyl adjacent to an activating group) is 1. The van der Waals surface area contributed by atoms with Crippen molar-refractivity contribution < 1.29 is 14.3 Å². The average Bonchev–Trinajstić information content (AvgIpc) is 2.74. The number of nitrogens with zero attached hydrogens (tertiary/aromatic N) is 6. The molecule has 148 valence electrons. The van der Waals surface area contributed by atoms with Crippen LogP contribution in [0.4, 0.5) is 10.7 Å². The predicted molar refractivity (Wildman–Crippen MR) is 101 cm³/mol. The van der Waals surface area contributed by atoms with Crippen molar-refractivity contribution in [2.75, 3.05) is 70.4 Å². The van der Waals surface area contributed by atoms with Gasteiger partial charge in [-0.25, -0.2) is 14.8 Å². The molecule has 2 aliphatic heterocycles. The Kier molecular flexibility index (Phi) is 6.44. The Morgan fingerprint density at radius 1 is 0.926 bits per heavy atom. The van der Waals surface area contributed by atoms with Crippen molar-refractivity contribution >= 4 is 17.9 Å². The van der Waals surface area contributed by atoms with E-state index in [1.807, 2.05) is 9.80 Å². The molecule has 9 nitrogen and oxygen atoms in total. The topological polar surface area (TPSA) is 82.1 Å². The summed E-state index contributed by atoms with van der Waals surface area (Å²) in [6.07, 6.45) is 2.94. The van der Waals surface area contributed by atoms with Gasteiger partial charge in [0.2, 0.25) is 5.95 Å². The summed E-state index contributed by atoms with van der Waals surface area (Å²) in [5, 5.41) is 0. The van der Waals surface area contributed by atoms with Gasteiger partial charge in [-0.1, -0.05) is 6.92 Å². The fraction of sp³-hybridized carbons (Fsp3) is 0.667. The zero-order valence-electron chi connectivity index (χ0n) is 16.1. The summed E-state index contributed by atoms with van der Waals surface area (Å²) in [4.78, 5) is 41.0. The van der Waals surface area contributed by atoms with Gasteiger partial charge in [-0.2, -0.15) is 0 Å². The van der Waals surface area contributed by atoms with Crippen molar-refractivity contribution in [3.8, 4) is 0 Å². The zero-order valence-corrected chi connectivity index (χ0v) is 16.1. The molecule has 2 saturated heterocycles. The van der Waals surface area contributed by atoms with Crippen LogP contribution in [0.3, 0.4) is 0 Å². The van der Waals surface area contributed by atoms with Gasteiger partial charge in [-0.15, -0.1) is 0 Å². The van der Waals surface area contributed by atoms with Crippen LogP contribution < -0.4 is 4.90 Å². The first-order valence-electron chi connectivity index (χ1n) is 9.62. The van der Waals surface area contributed by atoms with Crippen molar-refractivity contribution in [1.29, 1.82) is 0 Å². The molecule has 2 fully saturated rings. The number of anilines is 1. The van der Waals surface area contributed by atoms with Gasteiger partial charge in [0.15, 0.2) is 0 Å². The minimum atomic E-state index is -0.276. The number of rotatable bonds is 4. The van der Waals surface area contributed by atoms with E-state index in [-0.39, 0.29) is 12.0 Å². The maximum atomic E-state index is 12.6. The molecule has 3 rings (SSSR count). The SMILES string of the molecule is CCOC(=O)N1CCN(c2ncc(C(=O)N3CCN(CC)CC3)cn2)CC1. The second-order valence-electron chi connectivity index (χ2n) is 6.67. The zero-order chi connectivity index (χ0) is 19.2. The van der Waals surface area contributed by atoms with Crippen molar-refractivity contribution in [3.63, 3.8) is 0 Å². The Labute approximate surface area is 159 Å². The molecule has 0 saturated carbocycles. The van der Waals surface area contributed by atoms with Gasteiger partial charge in [0, 0.05) is 64.8 Å². The Hall–Kier alpha value is -2.42. The van der Waals surface area contributed by atoms with Crippen molar-refractivity contribution in [2.24, 2.45) is 0 Å². The lowest BCUT2D eigenvalue weighted by Crippen LogP contribution is -2.49. The largest absolute Gasteiger partial charge is 0.450 e. The maximum Gasteiger partial charge on any atom is 0.409 e. The van der Waals surface area contributed by atoms with Gasteiger partial charge in [0.25, 0.3) is 5.91 Å². The van der Waals surface area contributed by atoms with E-state index in [4.69, 9.17) is 4.74 Å². The number of ether oxygens (including phenoxy) is 1. The van der Waals surface area contributed by atoms with Crippen molar-refractivity contribution in [1.82, 2.24) is 24.7 Å². The normalized spacial score (nSPS) is 18.5. The quantitative estimate of drug-likeness (QED) is 0.758. The third kappa shape index (κ3) is 4.65. The summed E-state index contributed by atoms with van der Waals surface area (Å²) >= 11 is 0. The number of hydrogen-bond donors (Lipinski definition) is 0. The van der Waals surface area contributed by atoms with Gasteiger partial charge in [-0.3, -0.25) is 4.79 Å². The number of carbonyl (C=O) groups is 2. The van der Waals surface area contributed by atoms with Crippen LogP contribution in [0.1, 0.15) is 24.2 Å². The first kappa shape index (κ1) is 19.3. The van der Waals surface area contributed by atoms with Gasteiger partial charge >= 0.3 is 6.09 Å². The highest BCUT2D eigenvalue weighted by Crippen LogP contribution is 2.13. The molecule has 27 heavy (non-hydrogen) atoms. The maximum absolute atomic E-state index is 12.6. The molecular weight excluding hydrogens is 348 g/mol. The molecule has 0 spiro atoms. The molecule has 0 N–H and O–H groups in total. The third-order valence-corrected chi connectivity index (χ3v) is 5.08. The smallest absolute Gasteiger partial charge is 0.409 e. The highest BCUT2D eigenvalue weighted by molar-refractivity contribution is 5.93. The Balaban J connectivity index is 1.53. The van der Waals surface area contributed by atoms with Gasteiger partial charge in [0.05, 0.1) is 12.2 Å². The molecule has 1 aromatic rings. The van der Waals surface area contributed by atoms with E-state index in [0.29, 0.717) is 44.3 Å². The highest BCUT2D eigenvalue weighted by atomic mass is 16.6. The fourth-order valence-corrected chi connectivity index (χ4v) is 3.35. The van der Waals surface area contributed by atoms with Crippen LogP contribution in [0.2, 0.25) is 0 Å². The highest BCUT2D eigenvalue weighted by Gasteiger charge is 2.25.